The third-order valence-electron chi connectivity index (χ3n) is 2.47. The topological polar surface area (TPSA) is 26.3 Å². The number of ether oxygens (including phenoxy) is 1. The lowest BCUT2D eigenvalue weighted by Crippen LogP contribution is -1.97. The summed E-state index contributed by atoms with van der Waals surface area (Å²) in [4.78, 5) is 13.8. The van der Waals surface area contributed by atoms with Crippen molar-refractivity contribution in [1.82, 2.24) is 0 Å². The van der Waals surface area contributed by atoms with Gasteiger partial charge in [0.25, 0.3) is 0 Å². The van der Waals surface area contributed by atoms with E-state index in [0.29, 0.717) is 6.61 Å². The Hall–Kier alpha value is -1.22. The van der Waals surface area contributed by atoms with E-state index in [2.05, 4.69) is 19.1 Å². The predicted molar refractivity (Wildman–Crippen MR) is 65.2 cm³/mol. The molecule has 0 saturated carbocycles. The molecule has 16 heavy (non-hydrogen) atoms. The second kappa shape index (κ2) is 5.21. The van der Waals surface area contributed by atoms with Gasteiger partial charge in [0, 0.05) is 16.2 Å². The van der Waals surface area contributed by atoms with Crippen LogP contribution >= 0.6 is 11.8 Å². The number of cyclic esters (lactones) is 1. The van der Waals surface area contributed by atoms with Gasteiger partial charge in [-0.3, -0.25) is 0 Å². The molecule has 1 fully saturated rings. The molecule has 2 rings (SSSR count). The average molecular weight is 234 g/mol. The van der Waals surface area contributed by atoms with Gasteiger partial charge in [-0.15, -0.1) is 0 Å². The van der Waals surface area contributed by atoms with Crippen LogP contribution in [-0.4, -0.2) is 12.6 Å². The fraction of sp³-hybridized carbons (Fsp3) is 0.308. The largest absolute Gasteiger partial charge is 0.462 e. The predicted octanol–water partition coefficient (Wildman–Crippen LogP) is 3.39. The zero-order valence-electron chi connectivity index (χ0n) is 9.23. The molecule has 1 aliphatic rings. The third-order valence-corrected chi connectivity index (χ3v) is 3.76. The van der Waals surface area contributed by atoms with Crippen LogP contribution in [0, 0.1) is 0 Å². The fourth-order valence-electron chi connectivity index (χ4n) is 1.67. The molecule has 1 saturated heterocycles. The molecule has 0 N–H and O–H groups in total. The maximum atomic E-state index is 11.5. The van der Waals surface area contributed by atoms with Gasteiger partial charge in [-0.05, 0) is 18.6 Å². The minimum absolute atomic E-state index is 0.139. The van der Waals surface area contributed by atoms with Crippen LogP contribution in [0.1, 0.15) is 19.8 Å². The van der Waals surface area contributed by atoms with Crippen LogP contribution in [0.2, 0.25) is 0 Å². The van der Waals surface area contributed by atoms with Crippen molar-refractivity contribution in [3.05, 3.63) is 40.8 Å². The van der Waals surface area contributed by atoms with Crippen LogP contribution in [0.4, 0.5) is 0 Å². The van der Waals surface area contributed by atoms with Crippen LogP contribution in [0.15, 0.2) is 45.7 Å². The lowest BCUT2D eigenvalue weighted by Gasteiger charge is -2.06. The quantitative estimate of drug-likeness (QED) is 0.455. The number of esters is 1. The van der Waals surface area contributed by atoms with Crippen molar-refractivity contribution in [3.63, 3.8) is 0 Å². The Morgan fingerprint density at radius 1 is 1.38 bits per heavy atom. The number of thioether (sulfide) groups is 1. The molecule has 1 aromatic carbocycles. The van der Waals surface area contributed by atoms with E-state index in [1.807, 2.05) is 18.2 Å². The first kappa shape index (κ1) is 11.3. The molecule has 1 aliphatic heterocycles. The molecular weight excluding hydrogens is 220 g/mol. The standard InChI is InChI=1S/C13H14O2S/c1-2-12(11-8-9-15-13(11)14)16-10-6-4-3-5-7-10/h3-7H,2,8-9H2,1H3/b12-11+. The van der Waals surface area contributed by atoms with E-state index in [1.165, 1.54) is 4.90 Å². The molecule has 0 radical (unpaired) electrons. The molecule has 1 aromatic rings. The van der Waals surface area contributed by atoms with Gasteiger partial charge in [0.05, 0.1) is 12.2 Å². The normalized spacial score (nSPS) is 18.4. The van der Waals surface area contributed by atoms with Crippen molar-refractivity contribution in [2.45, 2.75) is 24.7 Å². The molecule has 0 aliphatic carbocycles. The second-order valence-corrected chi connectivity index (χ2v) is 4.72. The Morgan fingerprint density at radius 3 is 2.69 bits per heavy atom. The van der Waals surface area contributed by atoms with E-state index < -0.39 is 0 Å². The van der Waals surface area contributed by atoms with Crippen molar-refractivity contribution in [2.24, 2.45) is 0 Å². The summed E-state index contributed by atoms with van der Waals surface area (Å²) in [6, 6.07) is 10.1. The van der Waals surface area contributed by atoms with E-state index in [0.717, 1.165) is 23.3 Å². The zero-order chi connectivity index (χ0) is 11.4. The number of hydrogen-bond donors (Lipinski definition) is 0. The SMILES string of the molecule is CC/C(Sc1ccccc1)=C1/CCOC1=O. The third kappa shape index (κ3) is 2.47. The van der Waals surface area contributed by atoms with Gasteiger partial charge in [-0.2, -0.15) is 0 Å². The number of carbonyl (C=O) groups excluding carboxylic acids is 1. The highest BCUT2D eigenvalue weighted by atomic mass is 32.2. The Labute approximate surface area is 99.7 Å². The maximum absolute atomic E-state index is 11.5. The van der Waals surface area contributed by atoms with Gasteiger partial charge in [-0.1, -0.05) is 36.9 Å². The molecule has 0 spiro atoms. The molecule has 84 valence electrons. The van der Waals surface area contributed by atoms with Gasteiger partial charge in [-0.25, -0.2) is 4.79 Å². The zero-order valence-corrected chi connectivity index (χ0v) is 10.0. The van der Waals surface area contributed by atoms with Crippen LogP contribution in [-0.2, 0) is 9.53 Å². The number of hydrogen-bond acceptors (Lipinski definition) is 3. The molecule has 2 nitrogen and oxygen atoms in total. The highest BCUT2D eigenvalue weighted by Gasteiger charge is 2.22. The summed E-state index contributed by atoms with van der Waals surface area (Å²) in [5.74, 6) is -0.139. The van der Waals surface area contributed by atoms with Gasteiger partial charge in [0.2, 0.25) is 0 Å². The number of benzene rings is 1. The summed E-state index contributed by atoms with van der Waals surface area (Å²) in [5.41, 5.74) is 0.858. The number of carbonyl (C=O) groups is 1. The monoisotopic (exact) mass is 234 g/mol. The van der Waals surface area contributed by atoms with Crippen molar-refractivity contribution < 1.29 is 9.53 Å². The van der Waals surface area contributed by atoms with Crippen LogP contribution in [0.25, 0.3) is 0 Å². The first-order valence-corrected chi connectivity index (χ1v) is 6.25. The molecule has 3 heteroatoms. The smallest absolute Gasteiger partial charge is 0.334 e. The Morgan fingerprint density at radius 2 is 2.12 bits per heavy atom. The van der Waals surface area contributed by atoms with E-state index >= 15 is 0 Å². The van der Waals surface area contributed by atoms with E-state index in [4.69, 9.17) is 4.74 Å². The summed E-state index contributed by atoms with van der Waals surface area (Å²) >= 11 is 1.67. The first-order valence-electron chi connectivity index (χ1n) is 5.43. The minimum atomic E-state index is -0.139. The summed E-state index contributed by atoms with van der Waals surface area (Å²) in [6.07, 6.45) is 1.63. The highest BCUT2D eigenvalue weighted by molar-refractivity contribution is 8.03. The minimum Gasteiger partial charge on any atom is -0.462 e. The summed E-state index contributed by atoms with van der Waals surface area (Å²) < 4.78 is 4.98. The second-order valence-electron chi connectivity index (χ2n) is 3.56. The summed E-state index contributed by atoms with van der Waals surface area (Å²) in [5, 5.41) is 0. The Kier molecular flexibility index (Phi) is 3.67. The lowest BCUT2D eigenvalue weighted by molar-refractivity contribution is -0.135. The molecule has 0 amide bonds. The average Bonchev–Trinajstić information content (AvgIpc) is 2.74. The van der Waals surface area contributed by atoms with Crippen molar-refractivity contribution in [2.75, 3.05) is 6.61 Å². The van der Waals surface area contributed by atoms with Crippen LogP contribution in [0.5, 0.6) is 0 Å². The van der Waals surface area contributed by atoms with E-state index in [-0.39, 0.29) is 5.97 Å². The Bertz CT molecular complexity index is 409. The first-order chi connectivity index (χ1) is 7.81. The molecule has 0 aromatic heterocycles. The summed E-state index contributed by atoms with van der Waals surface area (Å²) in [7, 11) is 0. The van der Waals surface area contributed by atoms with E-state index in [9.17, 15) is 4.79 Å². The van der Waals surface area contributed by atoms with Gasteiger partial charge in [0.1, 0.15) is 0 Å². The number of allylic oxidation sites excluding steroid dienone is 1. The van der Waals surface area contributed by atoms with Crippen molar-refractivity contribution in [1.29, 1.82) is 0 Å². The van der Waals surface area contributed by atoms with Gasteiger partial charge in [0.15, 0.2) is 0 Å². The lowest BCUT2D eigenvalue weighted by atomic mass is 10.2. The van der Waals surface area contributed by atoms with Crippen molar-refractivity contribution in [3.8, 4) is 0 Å². The fourth-order valence-corrected chi connectivity index (χ4v) is 2.70. The molecular formula is C13H14O2S. The van der Waals surface area contributed by atoms with Crippen LogP contribution < -0.4 is 0 Å². The summed E-state index contributed by atoms with van der Waals surface area (Å²) in [6.45, 7) is 2.61. The van der Waals surface area contributed by atoms with Crippen molar-refractivity contribution >= 4 is 17.7 Å². The van der Waals surface area contributed by atoms with Gasteiger partial charge >= 0.3 is 5.97 Å². The molecule has 1 heterocycles. The Balaban J connectivity index is 2.21. The highest BCUT2D eigenvalue weighted by Crippen LogP contribution is 2.34. The molecule has 0 atom stereocenters. The van der Waals surface area contributed by atoms with Crippen LogP contribution in [0.3, 0.4) is 0 Å². The van der Waals surface area contributed by atoms with E-state index in [1.54, 1.807) is 11.8 Å². The molecule has 0 bridgehead atoms. The molecule has 0 unspecified atom stereocenters. The maximum Gasteiger partial charge on any atom is 0.334 e. The number of rotatable bonds is 3. The van der Waals surface area contributed by atoms with Gasteiger partial charge < -0.3 is 4.74 Å².